The fourth-order valence-electron chi connectivity index (χ4n) is 4.31. The number of fused-ring (bicyclic) bond motifs is 1. The molecular formula is C24H23N3O5. The topological polar surface area (TPSA) is 96.1 Å². The van der Waals surface area contributed by atoms with E-state index >= 15 is 0 Å². The minimum absolute atomic E-state index is 0.0298. The van der Waals surface area contributed by atoms with Crippen LogP contribution >= 0.6 is 0 Å². The van der Waals surface area contributed by atoms with Gasteiger partial charge in [0, 0.05) is 44.0 Å². The highest BCUT2D eigenvalue weighted by atomic mass is 16.5. The molecule has 0 saturated carbocycles. The highest BCUT2D eigenvalue weighted by Crippen LogP contribution is 2.39. The zero-order valence-corrected chi connectivity index (χ0v) is 17.4. The molecule has 2 aliphatic heterocycles. The van der Waals surface area contributed by atoms with Gasteiger partial charge in [-0.2, -0.15) is 0 Å². The number of benzene rings is 1. The molecule has 0 spiro atoms. The average Bonchev–Trinajstić information content (AvgIpc) is 3.38. The SMILES string of the molecule is O=C(C1=C(O)C(=O)N(CCN2CCOCC2)[C@@H]1c1ccncc1)c1cc2ccccc2o1. The highest BCUT2D eigenvalue weighted by Gasteiger charge is 2.44. The smallest absolute Gasteiger partial charge is 0.290 e. The Kier molecular flexibility index (Phi) is 5.46. The maximum Gasteiger partial charge on any atom is 0.290 e. The predicted octanol–water partition coefficient (Wildman–Crippen LogP) is 2.74. The predicted molar refractivity (Wildman–Crippen MR) is 116 cm³/mol. The van der Waals surface area contributed by atoms with E-state index < -0.39 is 23.5 Å². The average molecular weight is 433 g/mol. The first-order chi connectivity index (χ1) is 15.6. The summed E-state index contributed by atoms with van der Waals surface area (Å²) in [6.07, 6.45) is 3.22. The quantitative estimate of drug-likeness (QED) is 0.597. The third-order valence-electron chi connectivity index (χ3n) is 5.98. The van der Waals surface area contributed by atoms with Crippen LogP contribution in [-0.2, 0) is 9.53 Å². The molecule has 4 heterocycles. The zero-order valence-electron chi connectivity index (χ0n) is 17.4. The van der Waals surface area contributed by atoms with Gasteiger partial charge in [0.1, 0.15) is 5.58 Å². The number of rotatable bonds is 6. The number of morpholine rings is 1. The number of nitrogens with zero attached hydrogens (tertiary/aromatic N) is 3. The number of carbonyl (C=O) groups is 2. The summed E-state index contributed by atoms with van der Waals surface area (Å²) in [6, 6.07) is 11.7. The van der Waals surface area contributed by atoms with Crippen LogP contribution in [0, 0.1) is 0 Å². The van der Waals surface area contributed by atoms with Crippen LogP contribution in [0.1, 0.15) is 22.2 Å². The summed E-state index contributed by atoms with van der Waals surface area (Å²) in [7, 11) is 0. The molecule has 1 amide bonds. The summed E-state index contributed by atoms with van der Waals surface area (Å²) in [4.78, 5) is 34.3. The number of pyridine rings is 1. The molecule has 3 aromatic rings. The summed E-state index contributed by atoms with van der Waals surface area (Å²) >= 11 is 0. The lowest BCUT2D eigenvalue weighted by molar-refractivity contribution is -0.129. The molecule has 5 rings (SSSR count). The van der Waals surface area contributed by atoms with Crippen LogP contribution in [0.4, 0.5) is 0 Å². The van der Waals surface area contributed by atoms with Crippen LogP contribution < -0.4 is 0 Å². The first-order valence-corrected chi connectivity index (χ1v) is 10.6. The number of carbonyl (C=O) groups excluding carboxylic acids is 2. The van der Waals surface area contributed by atoms with Gasteiger partial charge in [-0.15, -0.1) is 0 Å². The molecule has 0 unspecified atom stereocenters. The van der Waals surface area contributed by atoms with Gasteiger partial charge in [0.25, 0.3) is 5.91 Å². The summed E-state index contributed by atoms with van der Waals surface area (Å²) in [5.41, 5.74) is 1.31. The molecular weight excluding hydrogens is 410 g/mol. The van der Waals surface area contributed by atoms with E-state index in [4.69, 9.17) is 9.15 Å². The van der Waals surface area contributed by atoms with Gasteiger partial charge in [0.2, 0.25) is 5.78 Å². The lowest BCUT2D eigenvalue weighted by Crippen LogP contribution is -2.43. The fourth-order valence-corrected chi connectivity index (χ4v) is 4.31. The lowest BCUT2D eigenvalue weighted by Gasteiger charge is -2.31. The Bertz CT molecular complexity index is 1150. The van der Waals surface area contributed by atoms with Crippen molar-refractivity contribution in [2.45, 2.75) is 6.04 Å². The van der Waals surface area contributed by atoms with Gasteiger partial charge in [0.15, 0.2) is 11.5 Å². The van der Waals surface area contributed by atoms with Gasteiger partial charge >= 0.3 is 0 Å². The number of furan rings is 1. The Morgan fingerprint density at radius 1 is 1.09 bits per heavy atom. The van der Waals surface area contributed by atoms with Gasteiger partial charge in [-0.05, 0) is 29.8 Å². The Morgan fingerprint density at radius 3 is 2.59 bits per heavy atom. The second kappa shape index (κ2) is 8.57. The van der Waals surface area contributed by atoms with E-state index in [-0.39, 0.29) is 11.3 Å². The van der Waals surface area contributed by atoms with Crippen molar-refractivity contribution < 1.29 is 23.8 Å². The van der Waals surface area contributed by atoms with Gasteiger partial charge < -0.3 is 19.2 Å². The Balaban J connectivity index is 1.49. The van der Waals surface area contributed by atoms with E-state index in [2.05, 4.69) is 9.88 Å². The minimum atomic E-state index is -0.716. The first-order valence-electron chi connectivity index (χ1n) is 10.6. The first kappa shape index (κ1) is 20.4. The number of Topliss-reactive ketones (excluding diaryl/α,β-unsaturated/α-hetero) is 1. The van der Waals surface area contributed by atoms with E-state index in [1.807, 2.05) is 18.2 Å². The zero-order chi connectivity index (χ0) is 22.1. The van der Waals surface area contributed by atoms with Crippen LogP contribution in [0.3, 0.4) is 0 Å². The molecule has 32 heavy (non-hydrogen) atoms. The lowest BCUT2D eigenvalue weighted by atomic mass is 9.95. The van der Waals surface area contributed by atoms with Gasteiger partial charge in [-0.25, -0.2) is 0 Å². The van der Waals surface area contributed by atoms with E-state index in [1.165, 1.54) is 0 Å². The molecule has 2 aromatic heterocycles. The standard InChI is InChI=1S/C24H23N3O5/c28-22(19-15-17-3-1-2-4-18(17)32-19)20-21(16-5-7-25-8-6-16)27(24(30)23(20)29)10-9-26-11-13-31-14-12-26/h1-8,15,21,29H,9-14H2/t21-/m1/s1. The molecule has 1 fully saturated rings. The molecule has 8 heteroatoms. The minimum Gasteiger partial charge on any atom is -0.503 e. The van der Waals surface area contributed by atoms with Crippen molar-refractivity contribution in [1.29, 1.82) is 0 Å². The molecule has 0 bridgehead atoms. The monoisotopic (exact) mass is 433 g/mol. The van der Waals surface area contributed by atoms with Crippen LogP contribution in [0.25, 0.3) is 11.0 Å². The van der Waals surface area contributed by atoms with Crippen LogP contribution in [0.2, 0.25) is 0 Å². The summed E-state index contributed by atoms with van der Waals surface area (Å²) in [5.74, 6) is -1.49. The van der Waals surface area contributed by atoms with E-state index in [0.717, 1.165) is 18.5 Å². The van der Waals surface area contributed by atoms with Gasteiger partial charge in [0.05, 0.1) is 24.8 Å². The van der Waals surface area contributed by atoms with Crippen molar-refractivity contribution in [3.8, 4) is 0 Å². The second-order valence-electron chi connectivity index (χ2n) is 7.88. The Hall–Kier alpha value is -3.49. The molecule has 0 radical (unpaired) electrons. The van der Waals surface area contributed by atoms with E-state index in [0.29, 0.717) is 37.4 Å². The van der Waals surface area contributed by atoms with Crippen molar-refractivity contribution in [1.82, 2.24) is 14.8 Å². The number of ketones is 1. The summed E-state index contributed by atoms with van der Waals surface area (Å²) < 4.78 is 11.1. The molecule has 1 atom stereocenters. The van der Waals surface area contributed by atoms with Gasteiger partial charge in [-0.1, -0.05) is 18.2 Å². The van der Waals surface area contributed by atoms with Crippen molar-refractivity contribution >= 4 is 22.7 Å². The third kappa shape index (κ3) is 3.68. The molecule has 8 nitrogen and oxygen atoms in total. The molecule has 1 saturated heterocycles. The number of amides is 1. The number of aliphatic hydroxyl groups excluding tert-OH is 1. The molecule has 0 aliphatic carbocycles. The number of aliphatic hydroxyl groups is 1. The number of ether oxygens (including phenoxy) is 1. The Morgan fingerprint density at radius 2 is 1.84 bits per heavy atom. The van der Waals surface area contributed by atoms with Crippen molar-refractivity contribution in [2.24, 2.45) is 0 Å². The number of hydrogen-bond donors (Lipinski definition) is 1. The molecule has 1 N–H and O–H groups in total. The maximum atomic E-state index is 13.5. The second-order valence-corrected chi connectivity index (χ2v) is 7.88. The normalized spacial score (nSPS) is 19.8. The van der Waals surface area contributed by atoms with Crippen LogP contribution in [0.15, 0.2) is 70.6 Å². The molecule has 2 aliphatic rings. The van der Waals surface area contributed by atoms with E-state index in [9.17, 15) is 14.7 Å². The van der Waals surface area contributed by atoms with Crippen LogP contribution in [0.5, 0.6) is 0 Å². The third-order valence-corrected chi connectivity index (χ3v) is 5.98. The number of hydrogen-bond acceptors (Lipinski definition) is 7. The number of para-hydroxylation sites is 1. The van der Waals surface area contributed by atoms with Crippen molar-refractivity contribution in [3.05, 3.63) is 77.5 Å². The number of aromatic nitrogens is 1. The Labute approximate surface area is 184 Å². The summed E-state index contributed by atoms with van der Waals surface area (Å²) in [5, 5.41) is 11.6. The van der Waals surface area contributed by atoms with Crippen molar-refractivity contribution in [2.75, 3.05) is 39.4 Å². The van der Waals surface area contributed by atoms with Crippen LogP contribution in [-0.4, -0.2) is 71.0 Å². The maximum absolute atomic E-state index is 13.5. The molecule has 1 aromatic carbocycles. The van der Waals surface area contributed by atoms with Gasteiger partial charge in [-0.3, -0.25) is 19.5 Å². The largest absolute Gasteiger partial charge is 0.503 e. The molecule has 164 valence electrons. The van der Waals surface area contributed by atoms with E-state index in [1.54, 1.807) is 41.6 Å². The fraction of sp³-hybridized carbons (Fsp3) is 0.292. The highest BCUT2D eigenvalue weighted by molar-refractivity contribution is 6.16. The van der Waals surface area contributed by atoms with Crippen molar-refractivity contribution in [3.63, 3.8) is 0 Å². The summed E-state index contributed by atoms with van der Waals surface area (Å²) in [6.45, 7) is 3.86.